The molecule has 0 unspecified atom stereocenters. The molecule has 4 aliphatic rings. The van der Waals surface area contributed by atoms with Crippen LogP contribution in [0.15, 0.2) is 12.4 Å². The van der Waals surface area contributed by atoms with Crippen molar-refractivity contribution < 1.29 is 19.1 Å². The van der Waals surface area contributed by atoms with Gasteiger partial charge in [0.05, 0.1) is 26.3 Å². The zero-order chi connectivity index (χ0) is 36.2. The Morgan fingerprint density at radius 1 is 0.686 bits per heavy atom. The average Bonchev–Trinajstić information content (AvgIpc) is 3.61. The highest BCUT2D eigenvalue weighted by Gasteiger charge is 2.57. The van der Waals surface area contributed by atoms with Crippen LogP contribution in [-0.2, 0) is 19.1 Å². The van der Waals surface area contributed by atoms with E-state index in [-0.39, 0.29) is 11.9 Å². The van der Waals surface area contributed by atoms with E-state index in [1.807, 2.05) is 6.20 Å². The molecule has 0 saturated heterocycles. The van der Waals surface area contributed by atoms with Gasteiger partial charge in [0.2, 0.25) is 0 Å². The molecule has 7 nitrogen and oxygen atoms in total. The third-order valence-electron chi connectivity index (χ3n) is 12.0. The van der Waals surface area contributed by atoms with Gasteiger partial charge in [0.1, 0.15) is 0 Å². The van der Waals surface area contributed by atoms with Crippen molar-refractivity contribution >= 4 is 11.9 Å². The first-order valence-electron chi connectivity index (χ1n) is 22.2. The molecule has 0 aromatic heterocycles. The summed E-state index contributed by atoms with van der Waals surface area (Å²) in [6, 6.07) is 0. The van der Waals surface area contributed by atoms with Gasteiger partial charge in [-0.15, -0.1) is 0 Å². The molecule has 0 spiro atoms. The smallest absolute Gasteiger partial charge is 0.306 e. The number of ether oxygens (including phenoxy) is 2. The molecule has 296 valence electrons. The van der Waals surface area contributed by atoms with E-state index in [4.69, 9.17) is 9.47 Å². The molecule has 0 radical (unpaired) electrons. The van der Waals surface area contributed by atoms with Crippen molar-refractivity contribution in [3.05, 3.63) is 12.4 Å². The first-order valence-corrected chi connectivity index (χ1v) is 22.2. The van der Waals surface area contributed by atoms with E-state index in [2.05, 4.69) is 35.2 Å². The lowest BCUT2D eigenvalue weighted by atomic mass is 9.43. The van der Waals surface area contributed by atoms with Crippen molar-refractivity contribution in [2.45, 2.75) is 194 Å². The Labute approximate surface area is 314 Å². The van der Waals surface area contributed by atoms with Crippen LogP contribution in [-0.4, -0.2) is 67.8 Å². The van der Waals surface area contributed by atoms with Gasteiger partial charge in [-0.05, 0) is 94.7 Å². The van der Waals surface area contributed by atoms with Crippen LogP contribution >= 0.6 is 0 Å². The average molecular weight is 716 g/mol. The maximum Gasteiger partial charge on any atom is 0.306 e. The van der Waals surface area contributed by atoms with E-state index in [0.717, 1.165) is 57.2 Å². The summed E-state index contributed by atoms with van der Waals surface area (Å²) in [5.74, 6) is 1.71. The minimum atomic E-state index is 0.0125. The van der Waals surface area contributed by atoms with Gasteiger partial charge < -0.3 is 24.6 Å². The SMILES string of the molecule is CCCCCCC(CCCCCC)CCOC(=O)CCCCCCCN(CCCCCCCCOC(=O)CC12CC(C1)C2)CCCN1C=CNC1. The lowest BCUT2D eigenvalue weighted by Gasteiger charge is -2.61. The number of hydrogen-bond acceptors (Lipinski definition) is 7. The van der Waals surface area contributed by atoms with Crippen LogP contribution in [0.2, 0.25) is 0 Å². The van der Waals surface area contributed by atoms with Crippen molar-refractivity contribution in [2.75, 3.05) is 46.1 Å². The minimum absolute atomic E-state index is 0.0125. The van der Waals surface area contributed by atoms with Gasteiger partial charge in [-0.2, -0.15) is 0 Å². The van der Waals surface area contributed by atoms with E-state index in [1.54, 1.807) is 0 Å². The fourth-order valence-corrected chi connectivity index (χ4v) is 8.63. The third kappa shape index (κ3) is 20.3. The number of esters is 2. The number of carbonyl (C=O) groups is 2. The van der Waals surface area contributed by atoms with Gasteiger partial charge in [-0.25, -0.2) is 0 Å². The Morgan fingerprint density at radius 3 is 1.84 bits per heavy atom. The van der Waals surface area contributed by atoms with Crippen molar-refractivity contribution in [1.29, 1.82) is 0 Å². The molecule has 3 aliphatic carbocycles. The molecule has 1 aliphatic heterocycles. The summed E-state index contributed by atoms with van der Waals surface area (Å²) in [6.45, 7) is 11.4. The first-order chi connectivity index (χ1) is 25.0. The number of carbonyl (C=O) groups excluding carboxylic acids is 2. The second kappa shape index (κ2) is 27.8. The number of nitrogens with one attached hydrogen (secondary N) is 1. The molecule has 7 heteroatoms. The summed E-state index contributed by atoms with van der Waals surface area (Å²) in [4.78, 5) is 29.6. The zero-order valence-electron chi connectivity index (χ0n) is 33.6. The number of rotatable bonds is 36. The topological polar surface area (TPSA) is 71.1 Å². The van der Waals surface area contributed by atoms with Crippen LogP contribution < -0.4 is 5.32 Å². The van der Waals surface area contributed by atoms with Crippen LogP contribution in [0.4, 0.5) is 0 Å². The van der Waals surface area contributed by atoms with Gasteiger partial charge in [0.15, 0.2) is 0 Å². The third-order valence-corrected chi connectivity index (χ3v) is 12.0. The van der Waals surface area contributed by atoms with E-state index < -0.39 is 0 Å². The molecular weight excluding hydrogens is 635 g/mol. The summed E-state index contributed by atoms with van der Waals surface area (Å²) < 4.78 is 11.2. The van der Waals surface area contributed by atoms with E-state index >= 15 is 0 Å². The number of nitrogens with zero attached hydrogens (tertiary/aromatic N) is 2. The van der Waals surface area contributed by atoms with Crippen molar-refractivity contribution in [3.8, 4) is 0 Å². The second-order valence-corrected chi connectivity index (χ2v) is 16.8. The predicted octanol–water partition coefficient (Wildman–Crippen LogP) is 10.9. The maximum absolute atomic E-state index is 12.4. The molecule has 51 heavy (non-hydrogen) atoms. The van der Waals surface area contributed by atoms with Crippen molar-refractivity contribution in [2.24, 2.45) is 17.3 Å². The van der Waals surface area contributed by atoms with Gasteiger partial charge in [0, 0.05) is 25.4 Å². The van der Waals surface area contributed by atoms with Crippen LogP contribution in [0.1, 0.15) is 194 Å². The quantitative estimate of drug-likeness (QED) is 0.0511. The van der Waals surface area contributed by atoms with Crippen LogP contribution in [0.3, 0.4) is 0 Å². The minimum Gasteiger partial charge on any atom is -0.466 e. The lowest BCUT2D eigenvalue weighted by molar-refractivity contribution is -0.164. The predicted molar refractivity (Wildman–Crippen MR) is 212 cm³/mol. The molecule has 3 saturated carbocycles. The molecule has 2 bridgehead atoms. The second-order valence-electron chi connectivity index (χ2n) is 16.8. The van der Waals surface area contributed by atoms with Gasteiger partial charge in [-0.1, -0.05) is 123 Å². The summed E-state index contributed by atoms with van der Waals surface area (Å²) >= 11 is 0. The molecule has 4 rings (SSSR count). The largest absolute Gasteiger partial charge is 0.466 e. The summed E-state index contributed by atoms with van der Waals surface area (Å²) in [7, 11) is 0. The van der Waals surface area contributed by atoms with Crippen molar-refractivity contribution in [3.63, 3.8) is 0 Å². The Hall–Kier alpha value is -1.76. The molecule has 1 heterocycles. The molecule has 0 atom stereocenters. The maximum atomic E-state index is 12.4. The van der Waals surface area contributed by atoms with Gasteiger partial charge in [-0.3, -0.25) is 9.59 Å². The zero-order valence-corrected chi connectivity index (χ0v) is 33.6. The number of unbranched alkanes of at least 4 members (excludes halogenated alkanes) is 15. The lowest BCUT2D eigenvalue weighted by Crippen LogP contribution is -2.52. The van der Waals surface area contributed by atoms with Crippen LogP contribution in [0, 0.1) is 17.3 Å². The van der Waals surface area contributed by atoms with Gasteiger partial charge in [0.25, 0.3) is 0 Å². The summed E-state index contributed by atoms with van der Waals surface area (Å²) in [6.07, 6.45) is 37.7. The fourth-order valence-electron chi connectivity index (χ4n) is 8.63. The Kier molecular flexibility index (Phi) is 23.8. The summed E-state index contributed by atoms with van der Waals surface area (Å²) in [5, 5.41) is 3.28. The highest BCUT2D eigenvalue weighted by molar-refractivity contribution is 5.71. The molecule has 0 aromatic carbocycles. The van der Waals surface area contributed by atoms with E-state index in [9.17, 15) is 9.59 Å². The molecular formula is C44H81N3O4. The van der Waals surface area contributed by atoms with Crippen molar-refractivity contribution in [1.82, 2.24) is 15.1 Å². The number of hydrogen-bond donors (Lipinski definition) is 1. The standard InChI is InChI=1S/C44H81N3O4/c1-3-5-7-16-23-40(24-17-8-6-4-2)26-34-51-42(48)25-18-12-11-14-20-29-46(30-22-31-47-32-27-45-39-47)28-19-13-9-10-15-21-33-50-43(49)38-44-35-41(36-44)37-44/h27,32,40-41,45H,3-26,28-31,33-39H2,1-2H3. The molecule has 1 N–H and O–H groups in total. The fraction of sp³-hybridized carbons (Fsp3) is 0.909. The Balaban J connectivity index is 1.17. The molecule has 3 fully saturated rings. The monoisotopic (exact) mass is 716 g/mol. The summed E-state index contributed by atoms with van der Waals surface area (Å²) in [5.41, 5.74) is 0.360. The van der Waals surface area contributed by atoms with E-state index in [0.29, 0.717) is 31.5 Å². The molecule has 0 aromatic rings. The normalized spacial score (nSPS) is 19.0. The molecule has 0 amide bonds. The Bertz CT molecular complexity index is 897. The van der Waals surface area contributed by atoms with E-state index in [1.165, 1.54) is 154 Å². The van der Waals surface area contributed by atoms with Crippen LogP contribution in [0.25, 0.3) is 0 Å². The van der Waals surface area contributed by atoms with Gasteiger partial charge >= 0.3 is 11.9 Å². The highest BCUT2D eigenvalue weighted by atomic mass is 16.5. The Morgan fingerprint density at radius 2 is 1.25 bits per heavy atom. The van der Waals surface area contributed by atoms with Crippen LogP contribution in [0.5, 0.6) is 0 Å². The highest BCUT2D eigenvalue weighted by Crippen LogP contribution is 2.66. The first kappa shape index (κ1) is 43.6.